The highest BCUT2D eigenvalue weighted by Gasteiger charge is 2.28. The van der Waals surface area contributed by atoms with E-state index >= 15 is 0 Å². The first-order chi connectivity index (χ1) is 11.7. The summed E-state index contributed by atoms with van der Waals surface area (Å²) >= 11 is 6.13. The summed E-state index contributed by atoms with van der Waals surface area (Å²) in [5, 5.41) is 4.05. The molecule has 1 amide bonds. The van der Waals surface area contributed by atoms with Crippen LogP contribution in [0, 0.1) is 0 Å². The molecule has 0 radical (unpaired) electrons. The van der Waals surface area contributed by atoms with Crippen LogP contribution in [0.2, 0.25) is 5.02 Å². The highest BCUT2D eigenvalue weighted by molar-refractivity contribution is 6.30. The fraction of sp³-hybridized carbons (Fsp3) is 0.316. The summed E-state index contributed by atoms with van der Waals surface area (Å²) in [5.41, 5.74) is 2.74. The minimum atomic E-state index is -0.0176. The quantitative estimate of drug-likeness (QED) is 0.925. The minimum Gasteiger partial charge on any atom is -0.380 e. The zero-order chi connectivity index (χ0) is 16.9. The van der Waals surface area contributed by atoms with Gasteiger partial charge >= 0.3 is 0 Å². The number of nitrogens with one attached hydrogen (secondary N) is 1. The number of methoxy groups -OCH3 is 1. The third-order valence-corrected chi connectivity index (χ3v) is 4.46. The summed E-state index contributed by atoms with van der Waals surface area (Å²) in [7, 11) is 1.65. The molecule has 5 heteroatoms. The number of carbonyl (C=O) groups is 1. The Kier molecular flexibility index (Phi) is 5.51. The maximum absolute atomic E-state index is 13.0. The minimum absolute atomic E-state index is 0.0176. The first-order valence-corrected chi connectivity index (χ1v) is 8.42. The van der Waals surface area contributed by atoms with Crippen molar-refractivity contribution >= 4 is 17.5 Å². The van der Waals surface area contributed by atoms with Crippen molar-refractivity contribution in [2.45, 2.75) is 12.6 Å². The van der Waals surface area contributed by atoms with E-state index < -0.39 is 0 Å². The molecule has 1 saturated heterocycles. The van der Waals surface area contributed by atoms with Crippen LogP contribution >= 0.6 is 11.6 Å². The van der Waals surface area contributed by atoms with Crippen LogP contribution in [0.4, 0.5) is 0 Å². The molecular formula is C19H21ClN2O2. The summed E-state index contributed by atoms with van der Waals surface area (Å²) in [6.45, 7) is 2.69. The van der Waals surface area contributed by atoms with Gasteiger partial charge in [-0.25, -0.2) is 0 Å². The Balaban J connectivity index is 1.87. The van der Waals surface area contributed by atoms with Gasteiger partial charge < -0.3 is 15.0 Å². The van der Waals surface area contributed by atoms with E-state index in [1.165, 1.54) is 0 Å². The molecular weight excluding hydrogens is 324 g/mol. The van der Waals surface area contributed by atoms with E-state index in [0.717, 1.165) is 24.2 Å². The molecule has 0 aliphatic carbocycles. The third-order valence-electron chi connectivity index (χ3n) is 4.22. The van der Waals surface area contributed by atoms with E-state index in [9.17, 15) is 4.79 Å². The lowest BCUT2D eigenvalue weighted by molar-refractivity contribution is 0.0634. The van der Waals surface area contributed by atoms with Gasteiger partial charge in [0.1, 0.15) is 0 Å². The average molecular weight is 345 g/mol. The van der Waals surface area contributed by atoms with Crippen LogP contribution in [-0.4, -0.2) is 37.6 Å². The number of amides is 1. The van der Waals surface area contributed by atoms with Crippen LogP contribution < -0.4 is 5.32 Å². The molecule has 1 unspecified atom stereocenters. The molecule has 0 aromatic heterocycles. The Morgan fingerprint density at radius 2 is 2.12 bits per heavy atom. The van der Waals surface area contributed by atoms with E-state index in [2.05, 4.69) is 5.32 Å². The number of hydrogen-bond acceptors (Lipinski definition) is 3. The zero-order valence-electron chi connectivity index (χ0n) is 13.7. The van der Waals surface area contributed by atoms with Gasteiger partial charge in [-0.15, -0.1) is 0 Å². The van der Waals surface area contributed by atoms with Gasteiger partial charge in [-0.1, -0.05) is 35.9 Å². The number of halogens is 1. The SMILES string of the molecule is COCc1cccc(C(=O)N2CCNCC2c2cccc(Cl)c2)c1. The van der Waals surface area contributed by atoms with Gasteiger partial charge in [0.05, 0.1) is 12.6 Å². The molecule has 1 aliphatic heterocycles. The summed E-state index contributed by atoms with van der Waals surface area (Å²) in [5.74, 6) is 0.0411. The Bertz CT molecular complexity index is 720. The highest BCUT2D eigenvalue weighted by atomic mass is 35.5. The van der Waals surface area contributed by atoms with Crippen molar-refractivity contribution in [2.24, 2.45) is 0 Å². The second-order valence-corrected chi connectivity index (χ2v) is 6.34. The lowest BCUT2D eigenvalue weighted by Gasteiger charge is -2.36. The molecule has 0 bridgehead atoms. The number of nitrogens with zero attached hydrogens (tertiary/aromatic N) is 1. The van der Waals surface area contributed by atoms with Crippen LogP contribution in [0.3, 0.4) is 0 Å². The molecule has 1 aliphatic rings. The number of piperazine rings is 1. The maximum Gasteiger partial charge on any atom is 0.254 e. The lowest BCUT2D eigenvalue weighted by atomic mass is 10.0. The van der Waals surface area contributed by atoms with Gasteiger partial charge in [-0.3, -0.25) is 4.79 Å². The molecule has 3 rings (SSSR count). The fourth-order valence-electron chi connectivity index (χ4n) is 3.09. The van der Waals surface area contributed by atoms with E-state index in [1.807, 2.05) is 53.4 Å². The largest absolute Gasteiger partial charge is 0.380 e. The van der Waals surface area contributed by atoms with Crippen LogP contribution in [-0.2, 0) is 11.3 Å². The normalized spacial score (nSPS) is 17.8. The molecule has 1 atom stereocenters. The number of ether oxygens (including phenoxy) is 1. The summed E-state index contributed by atoms with van der Waals surface area (Å²) < 4.78 is 5.16. The first-order valence-electron chi connectivity index (χ1n) is 8.04. The summed E-state index contributed by atoms with van der Waals surface area (Å²) in [6, 6.07) is 15.3. The third kappa shape index (κ3) is 3.78. The summed E-state index contributed by atoms with van der Waals surface area (Å²) in [4.78, 5) is 15.0. The van der Waals surface area contributed by atoms with Gasteiger partial charge in [0.25, 0.3) is 5.91 Å². The molecule has 0 spiro atoms. The first kappa shape index (κ1) is 17.0. The molecule has 2 aromatic rings. The van der Waals surface area contributed by atoms with Crippen molar-refractivity contribution < 1.29 is 9.53 Å². The van der Waals surface area contributed by atoms with Crippen molar-refractivity contribution in [1.29, 1.82) is 0 Å². The average Bonchev–Trinajstić information content (AvgIpc) is 2.62. The molecule has 4 nitrogen and oxygen atoms in total. The van der Waals surface area contributed by atoms with E-state index in [0.29, 0.717) is 23.7 Å². The molecule has 1 N–H and O–H groups in total. The monoisotopic (exact) mass is 344 g/mol. The summed E-state index contributed by atoms with van der Waals surface area (Å²) in [6.07, 6.45) is 0. The molecule has 2 aromatic carbocycles. The Hall–Kier alpha value is -1.88. The number of rotatable bonds is 4. The smallest absolute Gasteiger partial charge is 0.254 e. The van der Waals surface area contributed by atoms with Gasteiger partial charge in [-0.2, -0.15) is 0 Å². The number of carbonyl (C=O) groups excluding carboxylic acids is 1. The fourth-order valence-corrected chi connectivity index (χ4v) is 3.28. The van der Waals surface area contributed by atoms with Crippen molar-refractivity contribution in [2.75, 3.05) is 26.7 Å². The maximum atomic E-state index is 13.0. The van der Waals surface area contributed by atoms with Gasteiger partial charge in [-0.05, 0) is 35.4 Å². The predicted octanol–water partition coefficient (Wildman–Crippen LogP) is 3.27. The standard InChI is InChI=1S/C19H21ClN2O2/c1-24-13-14-4-2-6-16(10-14)19(23)22-9-8-21-12-18(22)15-5-3-7-17(20)11-15/h2-7,10-11,18,21H,8-9,12-13H2,1H3. The lowest BCUT2D eigenvalue weighted by Crippen LogP contribution is -2.48. The Morgan fingerprint density at radius 1 is 1.29 bits per heavy atom. The van der Waals surface area contributed by atoms with Gasteiger partial charge in [0.15, 0.2) is 0 Å². The van der Waals surface area contributed by atoms with Gasteiger partial charge in [0.2, 0.25) is 0 Å². The molecule has 1 heterocycles. The Morgan fingerprint density at radius 3 is 2.92 bits per heavy atom. The van der Waals surface area contributed by atoms with Crippen LogP contribution in [0.5, 0.6) is 0 Å². The zero-order valence-corrected chi connectivity index (χ0v) is 14.4. The molecule has 24 heavy (non-hydrogen) atoms. The van der Waals surface area contributed by atoms with Crippen LogP contribution in [0.1, 0.15) is 27.5 Å². The molecule has 1 fully saturated rings. The van der Waals surface area contributed by atoms with Crippen molar-refractivity contribution in [3.63, 3.8) is 0 Å². The van der Waals surface area contributed by atoms with Crippen LogP contribution in [0.15, 0.2) is 48.5 Å². The Labute approximate surface area is 147 Å². The topological polar surface area (TPSA) is 41.6 Å². The molecule has 126 valence electrons. The predicted molar refractivity (Wildman–Crippen MR) is 95.3 cm³/mol. The highest BCUT2D eigenvalue weighted by Crippen LogP contribution is 2.26. The number of benzene rings is 2. The van der Waals surface area contributed by atoms with Crippen molar-refractivity contribution in [3.05, 3.63) is 70.2 Å². The van der Waals surface area contributed by atoms with Gasteiger partial charge in [0, 0.05) is 37.3 Å². The van der Waals surface area contributed by atoms with Crippen molar-refractivity contribution in [1.82, 2.24) is 10.2 Å². The van der Waals surface area contributed by atoms with E-state index in [4.69, 9.17) is 16.3 Å². The van der Waals surface area contributed by atoms with Crippen LogP contribution in [0.25, 0.3) is 0 Å². The van der Waals surface area contributed by atoms with E-state index in [-0.39, 0.29) is 11.9 Å². The van der Waals surface area contributed by atoms with Crippen molar-refractivity contribution in [3.8, 4) is 0 Å². The molecule has 0 saturated carbocycles. The van der Waals surface area contributed by atoms with E-state index in [1.54, 1.807) is 7.11 Å². The second kappa shape index (κ2) is 7.79. The second-order valence-electron chi connectivity index (χ2n) is 5.91. The number of hydrogen-bond donors (Lipinski definition) is 1.